The van der Waals surface area contributed by atoms with Gasteiger partial charge >= 0.3 is 6.03 Å². The number of imide groups is 2. The Morgan fingerprint density at radius 3 is 2.40 bits per heavy atom. The molecular formula is C37H43N11O6S. The molecular weight excluding hydrogens is 727 g/mol. The van der Waals surface area contributed by atoms with E-state index >= 15 is 0 Å². The number of nitrogens with two attached hydrogens (primary N) is 1. The largest absolute Gasteiger partial charge is 0.371 e. The molecule has 0 aliphatic carbocycles. The number of nitrogens with one attached hydrogen (secondary N) is 3. The lowest BCUT2D eigenvalue weighted by Crippen LogP contribution is -2.55. The second-order valence-corrected chi connectivity index (χ2v) is 15.9. The molecule has 1 spiro atoms. The van der Waals surface area contributed by atoms with Crippen LogP contribution >= 0.6 is 11.5 Å². The predicted molar refractivity (Wildman–Crippen MR) is 202 cm³/mol. The van der Waals surface area contributed by atoms with Gasteiger partial charge in [0, 0.05) is 57.4 Å². The van der Waals surface area contributed by atoms with Crippen LogP contribution in [0.2, 0.25) is 0 Å². The molecule has 2 atom stereocenters. The number of aryl methyl sites for hydroxylation is 1. The number of piperidine rings is 4. The Morgan fingerprint density at radius 2 is 1.69 bits per heavy atom. The molecule has 4 saturated heterocycles. The van der Waals surface area contributed by atoms with Gasteiger partial charge in [0.15, 0.2) is 11.5 Å². The third-order valence-electron chi connectivity index (χ3n) is 11.7. The molecule has 0 bridgehead atoms. The van der Waals surface area contributed by atoms with Crippen LogP contribution in [0.5, 0.6) is 0 Å². The van der Waals surface area contributed by atoms with E-state index in [-0.39, 0.29) is 53.0 Å². The van der Waals surface area contributed by atoms with Crippen molar-refractivity contribution in [3.8, 4) is 0 Å². The number of anilines is 4. The van der Waals surface area contributed by atoms with E-state index in [0.717, 1.165) is 79.4 Å². The second-order valence-electron chi connectivity index (χ2n) is 15.1. The molecule has 0 saturated carbocycles. The van der Waals surface area contributed by atoms with Crippen LogP contribution in [0.1, 0.15) is 88.3 Å². The number of benzene rings is 1. The normalized spacial score (nSPS) is 22.5. The topological polar surface area (TPSA) is 216 Å². The van der Waals surface area contributed by atoms with Crippen molar-refractivity contribution in [2.24, 2.45) is 11.1 Å². The third kappa shape index (κ3) is 7.17. The number of rotatable bonds is 7. The van der Waals surface area contributed by atoms with Crippen molar-refractivity contribution in [3.63, 3.8) is 0 Å². The van der Waals surface area contributed by atoms with Gasteiger partial charge in [0.2, 0.25) is 11.8 Å². The molecule has 1 aromatic carbocycles. The minimum absolute atomic E-state index is 0.0442. The molecule has 3 aromatic rings. The number of hydrogen-bond donors (Lipinski definition) is 4. The van der Waals surface area contributed by atoms with Gasteiger partial charge in [0.1, 0.15) is 16.9 Å². The fraction of sp³-hybridized carbons (Fsp3) is 0.486. The standard InChI is InChI=1S/C37H43N11O6S/c1-21-17-29(55-44-21)43-32-30(31(38)50)39-19-27(41-32)47-12-2-3-22(20-47)40-36(54)46-15-10-37(11-16-46)8-13-45(14-9-37)23-4-5-24-25(18-23)35(53)48(34(24)52)26-6-7-28(49)42-33(26)51/h4-5,17-19,22,26H,2-3,6-16,20H2,1H3,(H2,38,50)(H,40,54)(H,41,43)(H,42,49,51). The first-order valence-corrected chi connectivity index (χ1v) is 19.5. The van der Waals surface area contributed by atoms with Gasteiger partial charge in [-0.05, 0) is 93.1 Å². The lowest BCUT2D eigenvalue weighted by molar-refractivity contribution is -0.136. The number of carbonyl (C=O) groups excluding carboxylic acids is 6. The SMILES string of the molecule is Cc1cc(Nc2nc(N3CCCC(NC(=O)N4CCC5(CC4)CCN(c4ccc6c(c4)C(=O)N(C4CCC(=O)NC4=O)C6=O)CC5)C3)cnc2C(N)=O)sn1. The summed E-state index contributed by atoms with van der Waals surface area (Å²) < 4.78 is 4.27. The maximum atomic E-state index is 13.5. The van der Waals surface area contributed by atoms with Crippen molar-refractivity contribution < 1.29 is 28.8 Å². The summed E-state index contributed by atoms with van der Waals surface area (Å²) >= 11 is 1.25. The highest BCUT2D eigenvalue weighted by Crippen LogP contribution is 2.43. The van der Waals surface area contributed by atoms with E-state index in [0.29, 0.717) is 25.5 Å². The van der Waals surface area contributed by atoms with Gasteiger partial charge in [0.25, 0.3) is 17.7 Å². The molecule has 5 aliphatic rings. The average molecular weight is 770 g/mol. The van der Waals surface area contributed by atoms with E-state index in [4.69, 9.17) is 10.7 Å². The number of carbonyl (C=O) groups is 6. The summed E-state index contributed by atoms with van der Waals surface area (Å²) in [7, 11) is 0. The lowest BCUT2D eigenvalue weighted by Gasteiger charge is -2.47. The van der Waals surface area contributed by atoms with Crippen molar-refractivity contribution >= 4 is 69.4 Å². The quantitative estimate of drug-likeness (QED) is 0.255. The fourth-order valence-corrected chi connectivity index (χ4v) is 9.15. The first-order valence-electron chi connectivity index (χ1n) is 18.8. The first-order chi connectivity index (χ1) is 26.5. The monoisotopic (exact) mass is 769 g/mol. The number of urea groups is 1. The summed E-state index contributed by atoms with van der Waals surface area (Å²) in [5, 5.41) is 9.34. The van der Waals surface area contributed by atoms with Crippen LogP contribution < -0.4 is 31.5 Å². The van der Waals surface area contributed by atoms with E-state index in [2.05, 4.69) is 35.1 Å². The van der Waals surface area contributed by atoms with Crippen LogP contribution in [0.3, 0.4) is 0 Å². The van der Waals surface area contributed by atoms with Crippen molar-refractivity contribution in [1.82, 2.24) is 34.8 Å². The number of amides is 7. The summed E-state index contributed by atoms with van der Waals surface area (Å²) in [6.45, 7) is 6.07. The van der Waals surface area contributed by atoms with Crippen molar-refractivity contribution in [3.05, 3.63) is 53.0 Å². The molecule has 5 N–H and O–H groups in total. The minimum Gasteiger partial charge on any atom is -0.371 e. The zero-order valence-electron chi connectivity index (χ0n) is 30.5. The molecule has 2 unspecified atom stereocenters. The van der Waals surface area contributed by atoms with E-state index in [1.165, 1.54) is 11.5 Å². The second kappa shape index (κ2) is 14.5. The molecule has 2 aromatic heterocycles. The van der Waals surface area contributed by atoms with Gasteiger partial charge in [-0.25, -0.2) is 14.8 Å². The van der Waals surface area contributed by atoms with Crippen molar-refractivity contribution in [2.75, 3.05) is 54.4 Å². The smallest absolute Gasteiger partial charge is 0.317 e. The van der Waals surface area contributed by atoms with E-state index in [9.17, 15) is 28.8 Å². The number of fused-ring (bicyclic) bond motifs is 1. The van der Waals surface area contributed by atoms with Crippen LogP contribution in [0.25, 0.3) is 0 Å². The average Bonchev–Trinajstić information content (AvgIpc) is 3.70. The molecule has 0 radical (unpaired) electrons. The fourth-order valence-electron chi connectivity index (χ4n) is 8.49. The zero-order valence-corrected chi connectivity index (χ0v) is 31.3. The van der Waals surface area contributed by atoms with Crippen LogP contribution in [0.15, 0.2) is 30.5 Å². The van der Waals surface area contributed by atoms with E-state index in [1.807, 2.05) is 24.0 Å². The highest BCUT2D eigenvalue weighted by atomic mass is 32.1. The van der Waals surface area contributed by atoms with E-state index in [1.54, 1.807) is 18.3 Å². The third-order valence-corrected chi connectivity index (χ3v) is 12.5. The molecule has 5 aliphatic heterocycles. The van der Waals surface area contributed by atoms with Gasteiger partial charge in [-0.2, -0.15) is 4.37 Å². The minimum atomic E-state index is -0.992. The molecule has 7 heterocycles. The number of primary amides is 1. The van der Waals surface area contributed by atoms with E-state index < -0.39 is 35.6 Å². The summed E-state index contributed by atoms with van der Waals surface area (Å²) in [6.07, 6.45) is 7.13. The molecule has 18 heteroatoms. The molecule has 288 valence electrons. The van der Waals surface area contributed by atoms with Crippen LogP contribution in [-0.4, -0.2) is 111 Å². The van der Waals surface area contributed by atoms with Crippen molar-refractivity contribution in [2.45, 2.75) is 70.4 Å². The Labute approximate surface area is 321 Å². The number of nitrogens with zero attached hydrogens (tertiary/aromatic N) is 7. The van der Waals surface area contributed by atoms with Crippen molar-refractivity contribution in [1.29, 1.82) is 0 Å². The molecule has 7 amide bonds. The maximum Gasteiger partial charge on any atom is 0.317 e. The summed E-state index contributed by atoms with van der Waals surface area (Å²) in [5.74, 6) is -1.86. The Morgan fingerprint density at radius 1 is 0.945 bits per heavy atom. The number of aromatic nitrogens is 3. The summed E-state index contributed by atoms with van der Waals surface area (Å²) in [4.78, 5) is 92.4. The van der Waals surface area contributed by atoms with Gasteiger partial charge in [0.05, 0.1) is 23.0 Å². The summed E-state index contributed by atoms with van der Waals surface area (Å²) in [5.41, 5.74) is 8.01. The Kier molecular flexibility index (Phi) is 9.60. The van der Waals surface area contributed by atoms with Crippen LogP contribution in [-0.2, 0) is 9.59 Å². The summed E-state index contributed by atoms with van der Waals surface area (Å²) in [6, 6.07) is 5.99. The zero-order chi connectivity index (χ0) is 38.4. The molecule has 8 rings (SSSR count). The number of hydrogen-bond acceptors (Lipinski definition) is 13. The van der Waals surface area contributed by atoms with Gasteiger partial charge in [-0.3, -0.25) is 34.2 Å². The Balaban J connectivity index is 0.836. The Bertz CT molecular complexity index is 2070. The molecule has 4 fully saturated rings. The predicted octanol–water partition coefficient (Wildman–Crippen LogP) is 2.55. The highest BCUT2D eigenvalue weighted by Gasteiger charge is 2.45. The highest BCUT2D eigenvalue weighted by molar-refractivity contribution is 7.10. The maximum absolute atomic E-state index is 13.5. The van der Waals surface area contributed by atoms with Gasteiger partial charge in [-0.15, -0.1) is 0 Å². The van der Waals surface area contributed by atoms with Crippen LogP contribution in [0.4, 0.5) is 27.1 Å². The first kappa shape index (κ1) is 36.3. The van der Waals surface area contributed by atoms with Gasteiger partial charge in [-0.1, -0.05) is 0 Å². The number of likely N-dealkylation sites (tertiary alicyclic amines) is 1. The Hall–Kier alpha value is -5.65. The van der Waals surface area contributed by atoms with Crippen LogP contribution in [0, 0.1) is 12.3 Å². The molecule has 55 heavy (non-hydrogen) atoms. The lowest BCUT2D eigenvalue weighted by atomic mass is 9.71. The van der Waals surface area contributed by atoms with Gasteiger partial charge < -0.3 is 31.1 Å². The molecule has 17 nitrogen and oxygen atoms in total.